The maximum atomic E-state index is 11.9. The molecule has 0 saturated carbocycles. The molecule has 2 aromatic rings. The second kappa shape index (κ2) is 7.78. The zero-order valence-electron chi connectivity index (χ0n) is 11.5. The Kier molecular flexibility index (Phi) is 5.74. The Labute approximate surface area is 137 Å². The summed E-state index contributed by atoms with van der Waals surface area (Å²) in [5.41, 5.74) is 3.98. The van der Waals surface area contributed by atoms with E-state index in [9.17, 15) is 4.79 Å². The Morgan fingerprint density at radius 3 is 2.71 bits per heavy atom. The van der Waals surface area contributed by atoms with Crippen molar-refractivity contribution < 1.29 is 9.53 Å². The highest BCUT2D eigenvalue weighted by atomic mass is 127. The molecule has 0 fully saturated rings. The van der Waals surface area contributed by atoms with Gasteiger partial charge >= 0.3 is 0 Å². The van der Waals surface area contributed by atoms with Crippen LogP contribution in [0.5, 0.6) is 5.75 Å². The van der Waals surface area contributed by atoms with Gasteiger partial charge in [0.05, 0.1) is 12.8 Å². The van der Waals surface area contributed by atoms with Crippen molar-refractivity contribution >= 4 is 34.7 Å². The summed E-state index contributed by atoms with van der Waals surface area (Å²) in [5, 5.41) is 3.96. The lowest BCUT2D eigenvalue weighted by atomic mass is 10.2. The van der Waals surface area contributed by atoms with E-state index in [4.69, 9.17) is 4.74 Å². The van der Waals surface area contributed by atoms with Crippen LogP contribution in [0.25, 0.3) is 0 Å². The van der Waals surface area contributed by atoms with Gasteiger partial charge in [0.2, 0.25) is 0 Å². The fourth-order valence-electron chi connectivity index (χ4n) is 1.69. The summed E-state index contributed by atoms with van der Waals surface area (Å²) < 4.78 is 6.45. The smallest absolute Gasteiger partial charge is 0.271 e. The van der Waals surface area contributed by atoms with Gasteiger partial charge in [-0.15, -0.1) is 0 Å². The average molecular weight is 394 g/mol. The normalized spacial score (nSPS) is 10.6. The zero-order valence-corrected chi connectivity index (χ0v) is 13.7. The van der Waals surface area contributed by atoms with E-state index in [-0.39, 0.29) is 5.91 Å². The van der Waals surface area contributed by atoms with Crippen molar-refractivity contribution in [2.75, 3.05) is 6.61 Å². The Bertz CT molecular complexity index is 639. The fraction of sp³-hybridized carbons (Fsp3) is 0.125. The maximum Gasteiger partial charge on any atom is 0.271 e. The first kappa shape index (κ1) is 15.5. The van der Waals surface area contributed by atoms with Crippen LogP contribution in [0.4, 0.5) is 0 Å². The molecule has 1 N–H and O–H groups in total. The highest BCUT2D eigenvalue weighted by Crippen LogP contribution is 2.12. The van der Waals surface area contributed by atoms with Crippen molar-refractivity contribution in [3.8, 4) is 5.75 Å². The van der Waals surface area contributed by atoms with E-state index in [1.165, 1.54) is 0 Å². The number of hydrazone groups is 1. The number of carbonyl (C=O) groups is 1. The molecule has 2 rings (SSSR count). The molecular formula is C16H15IN2O2. The van der Waals surface area contributed by atoms with Gasteiger partial charge in [-0.25, -0.2) is 5.43 Å². The summed E-state index contributed by atoms with van der Waals surface area (Å²) in [6, 6.07) is 14.8. The van der Waals surface area contributed by atoms with Crippen molar-refractivity contribution in [3.63, 3.8) is 0 Å². The first-order chi connectivity index (χ1) is 10.2. The molecule has 5 heteroatoms. The molecule has 4 nitrogen and oxygen atoms in total. The second-order valence-electron chi connectivity index (χ2n) is 4.21. The van der Waals surface area contributed by atoms with Crippen LogP contribution in [0.15, 0.2) is 53.6 Å². The molecule has 108 valence electrons. The number of carbonyl (C=O) groups excluding carboxylic acids is 1. The van der Waals surface area contributed by atoms with Crippen molar-refractivity contribution in [1.82, 2.24) is 5.43 Å². The van der Waals surface area contributed by atoms with E-state index in [2.05, 4.69) is 33.1 Å². The number of rotatable bonds is 5. The van der Waals surface area contributed by atoms with Crippen LogP contribution in [-0.4, -0.2) is 18.7 Å². The summed E-state index contributed by atoms with van der Waals surface area (Å²) in [7, 11) is 0. The Hall–Kier alpha value is -1.89. The molecular weight excluding hydrogens is 379 g/mol. The van der Waals surface area contributed by atoms with Gasteiger partial charge in [0.15, 0.2) is 0 Å². The first-order valence-corrected chi connectivity index (χ1v) is 7.58. The summed E-state index contributed by atoms with van der Waals surface area (Å²) in [4.78, 5) is 11.9. The number of halogens is 1. The highest BCUT2D eigenvalue weighted by Gasteiger charge is 2.03. The van der Waals surface area contributed by atoms with Gasteiger partial charge in [0.25, 0.3) is 5.91 Å². The lowest BCUT2D eigenvalue weighted by molar-refractivity contribution is 0.0955. The number of hydrogen-bond donors (Lipinski definition) is 1. The third-order valence-corrected chi connectivity index (χ3v) is 3.33. The molecule has 0 radical (unpaired) electrons. The van der Waals surface area contributed by atoms with Crippen molar-refractivity contribution in [3.05, 3.63) is 63.2 Å². The van der Waals surface area contributed by atoms with E-state index >= 15 is 0 Å². The summed E-state index contributed by atoms with van der Waals surface area (Å²) >= 11 is 2.23. The SMILES string of the molecule is CCOc1ccc(C(=O)N/N=C\c2cccc(I)c2)cc1. The van der Waals surface area contributed by atoms with Crippen molar-refractivity contribution in [1.29, 1.82) is 0 Å². The van der Waals surface area contributed by atoms with Crippen LogP contribution in [0, 0.1) is 3.57 Å². The van der Waals surface area contributed by atoms with E-state index in [1.54, 1.807) is 30.5 Å². The number of hydrogen-bond acceptors (Lipinski definition) is 3. The number of nitrogens with zero attached hydrogens (tertiary/aromatic N) is 1. The number of ether oxygens (including phenoxy) is 1. The quantitative estimate of drug-likeness (QED) is 0.480. The zero-order chi connectivity index (χ0) is 15.1. The van der Waals surface area contributed by atoms with E-state index in [0.29, 0.717) is 12.2 Å². The lowest BCUT2D eigenvalue weighted by Gasteiger charge is -2.04. The topological polar surface area (TPSA) is 50.7 Å². The van der Waals surface area contributed by atoms with Gasteiger partial charge in [-0.1, -0.05) is 12.1 Å². The summed E-state index contributed by atoms with van der Waals surface area (Å²) in [5.74, 6) is 0.497. The first-order valence-electron chi connectivity index (χ1n) is 6.51. The standard InChI is InChI=1S/C16H15IN2O2/c1-2-21-15-8-6-13(7-9-15)16(20)19-18-11-12-4-3-5-14(17)10-12/h3-11H,2H2,1H3,(H,19,20)/b18-11-. The second-order valence-corrected chi connectivity index (χ2v) is 5.46. The third-order valence-electron chi connectivity index (χ3n) is 2.66. The fourth-order valence-corrected chi connectivity index (χ4v) is 2.25. The third kappa shape index (κ3) is 4.86. The van der Waals surface area contributed by atoms with Gasteiger partial charge < -0.3 is 4.74 Å². The maximum absolute atomic E-state index is 11.9. The highest BCUT2D eigenvalue weighted by molar-refractivity contribution is 14.1. The van der Waals surface area contributed by atoms with Gasteiger partial charge in [0, 0.05) is 9.13 Å². The molecule has 0 aliphatic heterocycles. The molecule has 0 spiro atoms. The summed E-state index contributed by atoms with van der Waals surface area (Å²) in [6.45, 7) is 2.52. The predicted molar refractivity (Wildman–Crippen MR) is 91.8 cm³/mol. The molecule has 0 aliphatic carbocycles. The van der Waals surface area contributed by atoms with Crippen molar-refractivity contribution in [2.45, 2.75) is 6.92 Å². The molecule has 2 aromatic carbocycles. The van der Waals surface area contributed by atoms with Gasteiger partial charge in [0.1, 0.15) is 5.75 Å². The molecule has 0 heterocycles. The molecule has 1 amide bonds. The van der Waals surface area contributed by atoms with Crippen LogP contribution < -0.4 is 10.2 Å². The van der Waals surface area contributed by atoms with Crippen LogP contribution in [-0.2, 0) is 0 Å². The number of amides is 1. The minimum atomic E-state index is -0.250. The van der Waals surface area contributed by atoms with Gasteiger partial charge in [-0.05, 0) is 71.5 Å². The van der Waals surface area contributed by atoms with E-state index in [0.717, 1.165) is 14.9 Å². The molecule has 21 heavy (non-hydrogen) atoms. The monoisotopic (exact) mass is 394 g/mol. The molecule has 0 saturated heterocycles. The molecule has 0 aliphatic rings. The van der Waals surface area contributed by atoms with Crippen LogP contribution in [0.3, 0.4) is 0 Å². The van der Waals surface area contributed by atoms with E-state index in [1.807, 2.05) is 31.2 Å². The Balaban J connectivity index is 1.95. The minimum Gasteiger partial charge on any atom is -0.494 e. The van der Waals surface area contributed by atoms with Gasteiger partial charge in [-0.2, -0.15) is 5.10 Å². The van der Waals surface area contributed by atoms with Crippen LogP contribution in [0.2, 0.25) is 0 Å². The molecule has 0 aromatic heterocycles. The van der Waals surface area contributed by atoms with Crippen LogP contribution >= 0.6 is 22.6 Å². The van der Waals surface area contributed by atoms with E-state index < -0.39 is 0 Å². The van der Waals surface area contributed by atoms with Gasteiger partial charge in [-0.3, -0.25) is 4.79 Å². The molecule has 0 unspecified atom stereocenters. The number of nitrogens with one attached hydrogen (secondary N) is 1. The Morgan fingerprint density at radius 1 is 1.29 bits per heavy atom. The predicted octanol–water partition coefficient (Wildman–Crippen LogP) is 3.45. The molecule has 0 bridgehead atoms. The number of benzene rings is 2. The largest absolute Gasteiger partial charge is 0.494 e. The minimum absolute atomic E-state index is 0.250. The average Bonchev–Trinajstić information content (AvgIpc) is 2.48. The van der Waals surface area contributed by atoms with Crippen LogP contribution in [0.1, 0.15) is 22.8 Å². The summed E-state index contributed by atoms with van der Waals surface area (Å²) in [6.07, 6.45) is 1.62. The van der Waals surface area contributed by atoms with Crippen molar-refractivity contribution in [2.24, 2.45) is 5.10 Å². The Morgan fingerprint density at radius 2 is 2.05 bits per heavy atom. The molecule has 0 atom stereocenters. The lowest BCUT2D eigenvalue weighted by Crippen LogP contribution is -2.17.